The Morgan fingerprint density at radius 2 is 1.70 bits per heavy atom. The third kappa shape index (κ3) is 4.54. The van der Waals surface area contributed by atoms with Crippen molar-refractivity contribution in [2.45, 2.75) is 64.0 Å². The summed E-state index contributed by atoms with van der Waals surface area (Å²) in [7, 11) is 2.09. The van der Waals surface area contributed by atoms with E-state index in [4.69, 9.17) is 0 Å². The number of carbonyl (C=O) groups excluding carboxylic acids is 2. The van der Waals surface area contributed by atoms with Crippen LogP contribution in [0, 0.1) is 0 Å². The van der Waals surface area contributed by atoms with Crippen LogP contribution in [0.5, 0.6) is 0 Å². The smallest absolute Gasteiger partial charge is 0.320 e. The Morgan fingerprint density at radius 3 is 2.37 bits per heavy atom. The van der Waals surface area contributed by atoms with Crippen LogP contribution < -0.4 is 15.5 Å². The van der Waals surface area contributed by atoms with E-state index in [1.165, 1.54) is 25.7 Å². The van der Waals surface area contributed by atoms with Crippen LogP contribution in [-0.4, -0.2) is 48.6 Å². The van der Waals surface area contributed by atoms with Gasteiger partial charge in [0, 0.05) is 26.2 Å². The van der Waals surface area contributed by atoms with E-state index < -0.39 is 5.54 Å². The summed E-state index contributed by atoms with van der Waals surface area (Å²) >= 11 is 0. The van der Waals surface area contributed by atoms with E-state index >= 15 is 0 Å². The lowest BCUT2D eigenvalue weighted by Gasteiger charge is -2.31. The number of hydrogen-bond acceptors (Lipinski definition) is 3. The molecule has 1 heterocycles. The average Bonchev–Trinajstić information content (AvgIpc) is 3.34. The van der Waals surface area contributed by atoms with Gasteiger partial charge in [-0.25, -0.2) is 4.79 Å². The summed E-state index contributed by atoms with van der Waals surface area (Å²) in [6.07, 6.45) is 6.97. The number of nitrogens with one attached hydrogen (secondary N) is 2. The van der Waals surface area contributed by atoms with Gasteiger partial charge in [0.25, 0.3) is 0 Å². The van der Waals surface area contributed by atoms with Crippen LogP contribution in [0.25, 0.3) is 0 Å². The van der Waals surface area contributed by atoms with Crippen molar-refractivity contribution in [2.75, 3.05) is 30.4 Å². The van der Waals surface area contributed by atoms with Crippen LogP contribution in [0.2, 0.25) is 0 Å². The summed E-state index contributed by atoms with van der Waals surface area (Å²) in [6, 6.07) is 8.03. The molecule has 0 unspecified atom stereocenters. The van der Waals surface area contributed by atoms with E-state index in [1.54, 1.807) is 13.8 Å². The van der Waals surface area contributed by atoms with Crippen LogP contribution in [0.4, 0.5) is 16.2 Å². The number of nitrogens with zero attached hydrogens (tertiary/aromatic N) is 2. The molecule has 0 spiro atoms. The highest BCUT2D eigenvalue weighted by Gasteiger charge is 2.34. The van der Waals surface area contributed by atoms with Crippen LogP contribution >= 0.6 is 0 Å². The summed E-state index contributed by atoms with van der Waals surface area (Å²) < 4.78 is 0. The van der Waals surface area contributed by atoms with Crippen molar-refractivity contribution in [2.24, 2.45) is 0 Å². The molecule has 2 fully saturated rings. The molecule has 1 saturated heterocycles. The normalized spacial score (nSPS) is 17.8. The maximum absolute atomic E-state index is 12.7. The molecular weight excluding hydrogens is 340 g/mol. The Labute approximate surface area is 162 Å². The summed E-state index contributed by atoms with van der Waals surface area (Å²) in [4.78, 5) is 29.4. The van der Waals surface area contributed by atoms with Gasteiger partial charge in [-0.15, -0.1) is 0 Å². The van der Waals surface area contributed by atoms with E-state index in [9.17, 15) is 9.59 Å². The van der Waals surface area contributed by atoms with Gasteiger partial charge in [-0.05, 0) is 51.7 Å². The van der Waals surface area contributed by atoms with Crippen molar-refractivity contribution >= 4 is 23.3 Å². The lowest BCUT2D eigenvalue weighted by atomic mass is 10.0. The SMILES string of the molecule is CN(c1ccccc1NC(=O)NC(C)(C)C(=O)N1CCCC1)C1CCCC1. The molecule has 148 valence electrons. The van der Waals surface area contributed by atoms with Crippen LogP contribution in [0.15, 0.2) is 24.3 Å². The minimum atomic E-state index is -0.930. The lowest BCUT2D eigenvalue weighted by molar-refractivity contribution is -0.135. The Bertz CT molecular complexity index is 677. The van der Waals surface area contributed by atoms with Gasteiger partial charge < -0.3 is 20.4 Å². The molecule has 0 bridgehead atoms. The largest absolute Gasteiger partial charge is 0.370 e. The fraction of sp³-hybridized carbons (Fsp3) is 0.619. The highest BCUT2D eigenvalue weighted by atomic mass is 16.2. The number of hydrogen-bond donors (Lipinski definition) is 2. The summed E-state index contributed by atoms with van der Waals surface area (Å²) in [5, 5.41) is 5.81. The van der Waals surface area contributed by atoms with E-state index in [1.807, 2.05) is 29.2 Å². The van der Waals surface area contributed by atoms with Gasteiger partial charge in [-0.3, -0.25) is 4.79 Å². The number of anilines is 2. The van der Waals surface area contributed by atoms with Crippen molar-refractivity contribution in [1.29, 1.82) is 0 Å². The Balaban J connectivity index is 1.66. The lowest BCUT2D eigenvalue weighted by Crippen LogP contribution is -2.56. The average molecular weight is 373 g/mol. The first kappa shape index (κ1) is 19.5. The van der Waals surface area contributed by atoms with Gasteiger partial charge in [0.2, 0.25) is 5.91 Å². The molecule has 6 nitrogen and oxygen atoms in total. The Hall–Kier alpha value is -2.24. The summed E-state index contributed by atoms with van der Waals surface area (Å²) in [5.74, 6) is -0.0218. The summed E-state index contributed by atoms with van der Waals surface area (Å²) in [5.41, 5.74) is 0.859. The molecule has 0 radical (unpaired) electrons. The van der Waals surface area contributed by atoms with Gasteiger partial charge in [0.15, 0.2) is 0 Å². The number of benzene rings is 1. The molecule has 27 heavy (non-hydrogen) atoms. The van der Waals surface area contributed by atoms with Crippen molar-refractivity contribution in [3.63, 3.8) is 0 Å². The fourth-order valence-electron chi connectivity index (χ4n) is 4.18. The molecule has 3 rings (SSSR count). The first-order valence-corrected chi connectivity index (χ1v) is 10.1. The highest BCUT2D eigenvalue weighted by molar-refractivity contribution is 5.97. The summed E-state index contributed by atoms with van der Waals surface area (Å²) in [6.45, 7) is 5.09. The first-order valence-electron chi connectivity index (χ1n) is 10.1. The molecule has 1 aliphatic heterocycles. The molecule has 2 aliphatic rings. The van der Waals surface area contributed by atoms with E-state index in [2.05, 4.69) is 22.6 Å². The molecular formula is C21H32N4O2. The van der Waals surface area contributed by atoms with Gasteiger partial charge >= 0.3 is 6.03 Å². The Kier molecular flexibility index (Phi) is 5.92. The van der Waals surface area contributed by atoms with Gasteiger partial charge in [0.1, 0.15) is 5.54 Å². The van der Waals surface area contributed by atoms with Crippen molar-refractivity contribution in [3.8, 4) is 0 Å². The number of carbonyl (C=O) groups is 2. The van der Waals surface area contributed by atoms with Crippen molar-refractivity contribution in [3.05, 3.63) is 24.3 Å². The third-order valence-electron chi connectivity index (χ3n) is 5.76. The second kappa shape index (κ2) is 8.19. The number of para-hydroxylation sites is 2. The van der Waals surface area contributed by atoms with Crippen LogP contribution in [0.3, 0.4) is 0 Å². The minimum Gasteiger partial charge on any atom is -0.370 e. The fourth-order valence-corrected chi connectivity index (χ4v) is 4.18. The highest BCUT2D eigenvalue weighted by Crippen LogP contribution is 2.31. The molecule has 0 aromatic heterocycles. The molecule has 2 N–H and O–H groups in total. The van der Waals surface area contributed by atoms with E-state index in [0.717, 1.165) is 37.3 Å². The molecule has 1 aliphatic carbocycles. The monoisotopic (exact) mass is 372 g/mol. The molecule has 3 amide bonds. The van der Waals surface area contributed by atoms with Crippen LogP contribution in [-0.2, 0) is 4.79 Å². The zero-order valence-electron chi connectivity index (χ0n) is 16.8. The number of likely N-dealkylation sites (tertiary alicyclic amines) is 1. The molecule has 1 aromatic carbocycles. The number of rotatable bonds is 5. The topological polar surface area (TPSA) is 64.7 Å². The third-order valence-corrected chi connectivity index (χ3v) is 5.76. The molecule has 0 atom stereocenters. The van der Waals surface area contributed by atoms with E-state index in [0.29, 0.717) is 6.04 Å². The first-order chi connectivity index (χ1) is 12.9. The second-order valence-corrected chi connectivity index (χ2v) is 8.27. The van der Waals surface area contributed by atoms with Crippen molar-refractivity contribution < 1.29 is 9.59 Å². The van der Waals surface area contributed by atoms with Gasteiger partial charge in [0.05, 0.1) is 11.4 Å². The standard InChI is InChI=1S/C21H32N4O2/c1-21(2,19(26)25-14-8-9-15-25)23-20(27)22-17-12-6-7-13-18(17)24(3)16-10-4-5-11-16/h6-7,12-13,16H,4-5,8-11,14-15H2,1-3H3,(H2,22,23,27). The quantitative estimate of drug-likeness (QED) is 0.830. The maximum atomic E-state index is 12.7. The van der Waals surface area contributed by atoms with Gasteiger partial charge in [-0.1, -0.05) is 25.0 Å². The van der Waals surface area contributed by atoms with E-state index in [-0.39, 0.29) is 11.9 Å². The minimum absolute atomic E-state index is 0.0218. The molecule has 1 aromatic rings. The molecule has 1 saturated carbocycles. The predicted molar refractivity (Wildman–Crippen MR) is 109 cm³/mol. The number of urea groups is 1. The Morgan fingerprint density at radius 1 is 1.07 bits per heavy atom. The maximum Gasteiger partial charge on any atom is 0.320 e. The van der Waals surface area contributed by atoms with Gasteiger partial charge in [-0.2, -0.15) is 0 Å². The number of amides is 3. The zero-order chi connectivity index (χ0) is 19.4. The molecule has 6 heteroatoms. The van der Waals surface area contributed by atoms with Crippen molar-refractivity contribution in [1.82, 2.24) is 10.2 Å². The van der Waals surface area contributed by atoms with Crippen LogP contribution in [0.1, 0.15) is 52.4 Å². The zero-order valence-corrected chi connectivity index (χ0v) is 16.8. The second-order valence-electron chi connectivity index (χ2n) is 8.27. The predicted octanol–water partition coefficient (Wildman–Crippen LogP) is 3.59.